The summed E-state index contributed by atoms with van der Waals surface area (Å²) in [5, 5.41) is 2.09. The second-order valence-electron chi connectivity index (χ2n) is 6.95. The standard InChI is InChI=1S/C26H20N2S/c1-4-11-21(12-5-1)26(22-13-6-2-7-14-22,23-15-8-3-9-16-23)28-19-24(27-20-28)25-17-10-18-29-25/h1-20H. The molecule has 0 atom stereocenters. The SMILES string of the molecule is c1ccc(C(c2ccccc2)(c2ccccc2)n2cnc(-c3cccs3)c2)cc1. The Balaban J connectivity index is 1.84. The van der Waals surface area contributed by atoms with Crippen molar-refractivity contribution in [3.8, 4) is 10.6 Å². The quantitative estimate of drug-likeness (QED) is 0.314. The van der Waals surface area contributed by atoms with Crippen LogP contribution in [0.1, 0.15) is 16.7 Å². The summed E-state index contributed by atoms with van der Waals surface area (Å²) in [5.41, 5.74) is 4.09. The molecule has 0 bridgehead atoms. The number of hydrogen-bond donors (Lipinski definition) is 0. The molecule has 3 heteroatoms. The fraction of sp³-hybridized carbons (Fsp3) is 0.0385. The lowest BCUT2D eigenvalue weighted by Gasteiger charge is -2.37. The van der Waals surface area contributed by atoms with E-state index in [2.05, 4.69) is 119 Å². The summed E-state index contributed by atoms with van der Waals surface area (Å²) in [5.74, 6) is 0. The van der Waals surface area contributed by atoms with Gasteiger partial charge >= 0.3 is 0 Å². The Morgan fingerprint density at radius 2 is 1.14 bits per heavy atom. The molecule has 0 N–H and O–H groups in total. The van der Waals surface area contributed by atoms with Crippen LogP contribution in [-0.2, 0) is 5.54 Å². The minimum absolute atomic E-state index is 0.508. The maximum absolute atomic E-state index is 4.77. The van der Waals surface area contributed by atoms with Crippen molar-refractivity contribution in [1.29, 1.82) is 0 Å². The van der Waals surface area contributed by atoms with Crippen LogP contribution in [0.25, 0.3) is 10.6 Å². The number of hydrogen-bond acceptors (Lipinski definition) is 2. The van der Waals surface area contributed by atoms with Gasteiger partial charge in [0.25, 0.3) is 0 Å². The van der Waals surface area contributed by atoms with Crippen LogP contribution in [0.4, 0.5) is 0 Å². The topological polar surface area (TPSA) is 17.8 Å². The Labute approximate surface area is 174 Å². The predicted octanol–water partition coefficient (Wildman–Crippen LogP) is 6.45. The summed E-state index contributed by atoms with van der Waals surface area (Å²) in [6.07, 6.45) is 4.13. The number of thiophene rings is 1. The van der Waals surface area contributed by atoms with E-state index < -0.39 is 5.54 Å². The van der Waals surface area contributed by atoms with Gasteiger partial charge in [0.1, 0.15) is 5.54 Å². The van der Waals surface area contributed by atoms with Gasteiger partial charge in [0.2, 0.25) is 0 Å². The van der Waals surface area contributed by atoms with E-state index in [1.165, 1.54) is 21.6 Å². The largest absolute Gasteiger partial charge is 0.318 e. The molecule has 0 aliphatic rings. The summed E-state index contributed by atoms with van der Waals surface area (Å²) >= 11 is 1.71. The first-order valence-electron chi connectivity index (χ1n) is 9.64. The highest BCUT2D eigenvalue weighted by atomic mass is 32.1. The second kappa shape index (κ2) is 7.53. The lowest BCUT2D eigenvalue weighted by atomic mass is 9.77. The van der Waals surface area contributed by atoms with Gasteiger partial charge in [0.15, 0.2) is 0 Å². The molecule has 0 unspecified atom stereocenters. The maximum atomic E-state index is 4.77. The zero-order valence-corrected chi connectivity index (χ0v) is 16.7. The minimum atomic E-state index is -0.508. The van der Waals surface area contributed by atoms with E-state index in [0.29, 0.717) is 0 Å². The molecule has 0 saturated heterocycles. The molecule has 0 amide bonds. The highest BCUT2D eigenvalue weighted by Crippen LogP contribution is 2.41. The molecule has 3 aromatic carbocycles. The number of imidazole rings is 1. The van der Waals surface area contributed by atoms with Gasteiger partial charge in [-0.2, -0.15) is 0 Å². The summed E-state index contributed by atoms with van der Waals surface area (Å²) in [4.78, 5) is 5.95. The molecule has 0 fully saturated rings. The average Bonchev–Trinajstić information content (AvgIpc) is 3.49. The summed E-state index contributed by atoms with van der Waals surface area (Å²) < 4.78 is 2.25. The Hall–Kier alpha value is -3.43. The molecule has 29 heavy (non-hydrogen) atoms. The van der Waals surface area contributed by atoms with Gasteiger partial charge in [-0.05, 0) is 28.1 Å². The molecular formula is C26H20N2S. The van der Waals surface area contributed by atoms with Crippen molar-refractivity contribution in [3.63, 3.8) is 0 Å². The van der Waals surface area contributed by atoms with Gasteiger partial charge in [-0.15, -0.1) is 11.3 Å². The van der Waals surface area contributed by atoms with E-state index in [0.717, 1.165) is 5.69 Å². The molecule has 2 aromatic heterocycles. The van der Waals surface area contributed by atoms with Crippen LogP contribution in [-0.4, -0.2) is 9.55 Å². The van der Waals surface area contributed by atoms with E-state index in [-0.39, 0.29) is 0 Å². The zero-order valence-electron chi connectivity index (χ0n) is 15.8. The van der Waals surface area contributed by atoms with Crippen LogP contribution < -0.4 is 0 Å². The normalized spacial score (nSPS) is 11.4. The number of benzene rings is 3. The van der Waals surface area contributed by atoms with Gasteiger partial charge in [-0.3, -0.25) is 0 Å². The number of rotatable bonds is 5. The predicted molar refractivity (Wildman–Crippen MR) is 120 cm³/mol. The Bertz CT molecular complexity index is 1080. The summed E-state index contributed by atoms with van der Waals surface area (Å²) in [7, 11) is 0. The van der Waals surface area contributed by atoms with Crippen molar-refractivity contribution < 1.29 is 0 Å². The highest BCUT2D eigenvalue weighted by molar-refractivity contribution is 7.13. The van der Waals surface area contributed by atoms with Gasteiger partial charge < -0.3 is 4.57 Å². The first-order chi connectivity index (χ1) is 14.4. The van der Waals surface area contributed by atoms with Crippen LogP contribution in [0.5, 0.6) is 0 Å². The third-order valence-electron chi connectivity index (χ3n) is 5.32. The third kappa shape index (κ3) is 3.00. The smallest absolute Gasteiger partial charge is 0.121 e. The van der Waals surface area contributed by atoms with Crippen molar-refractivity contribution >= 4 is 11.3 Å². The fourth-order valence-corrected chi connectivity index (χ4v) is 4.73. The number of aromatic nitrogens is 2. The lowest BCUT2D eigenvalue weighted by molar-refractivity contribution is 0.515. The summed E-state index contributed by atoms with van der Waals surface area (Å²) in [6.45, 7) is 0. The Kier molecular flexibility index (Phi) is 4.59. The molecule has 0 saturated carbocycles. The lowest BCUT2D eigenvalue weighted by Crippen LogP contribution is -2.36. The molecular weight excluding hydrogens is 372 g/mol. The van der Waals surface area contributed by atoms with Crippen LogP contribution in [0.15, 0.2) is 121 Å². The molecule has 140 valence electrons. The fourth-order valence-electron chi connectivity index (χ4n) is 4.04. The maximum Gasteiger partial charge on any atom is 0.121 e. The Morgan fingerprint density at radius 1 is 0.621 bits per heavy atom. The molecule has 5 rings (SSSR count). The highest BCUT2D eigenvalue weighted by Gasteiger charge is 2.38. The van der Waals surface area contributed by atoms with E-state index in [1.807, 2.05) is 6.33 Å². The molecule has 2 heterocycles. The second-order valence-corrected chi connectivity index (χ2v) is 7.90. The number of nitrogens with zero attached hydrogens (tertiary/aromatic N) is 2. The first-order valence-corrected chi connectivity index (χ1v) is 10.5. The van der Waals surface area contributed by atoms with Crippen LogP contribution in [0.3, 0.4) is 0 Å². The first kappa shape index (κ1) is 17.7. The Morgan fingerprint density at radius 3 is 1.59 bits per heavy atom. The summed E-state index contributed by atoms with van der Waals surface area (Å²) in [6, 6.07) is 36.2. The molecule has 5 aromatic rings. The van der Waals surface area contributed by atoms with Crippen molar-refractivity contribution in [2.45, 2.75) is 5.54 Å². The molecule has 0 spiro atoms. The van der Waals surface area contributed by atoms with E-state index in [1.54, 1.807) is 11.3 Å². The van der Waals surface area contributed by atoms with E-state index >= 15 is 0 Å². The minimum Gasteiger partial charge on any atom is -0.318 e. The van der Waals surface area contributed by atoms with Crippen LogP contribution >= 0.6 is 11.3 Å². The zero-order chi connectivity index (χ0) is 19.5. The third-order valence-corrected chi connectivity index (χ3v) is 6.21. The van der Waals surface area contributed by atoms with E-state index in [9.17, 15) is 0 Å². The average molecular weight is 393 g/mol. The van der Waals surface area contributed by atoms with Crippen LogP contribution in [0, 0.1) is 0 Å². The van der Waals surface area contributed by atoms with Gasteiger partial charge in [-0.1, -0.05) is 97.1 Å². The molecule has 0 aliphatic carbocycles. The van der Waals surface area contributed by atoms with Crippen molar-refractivity contribution in [3.05, 3.63) is 138 Å². The van der Waals surface area contributed by atoms with Gasteiger partial charge in [-0.25, -0.2) is 4.98 Å². The molecule has 0 radical (unpaired) electrons. The monoisotopic (exact) mass is 392 g/mol. The van der Waals surface area contributed by atoms with E-state index in [4.69, 9.17) is 4.98 Å². The van der Waals surface area contributed by atoms with Crippen molar-refractivity contribution in [2.24, 2.45) is 0 Å². The molecule has 0 aliphatic heterocycles. The van der Waals surface area contributed by atoms with Crippen molar-refractivity contribution in [2.75, 3.05) is 0 Å². The van der Waals surface area contributed by atoms with Crippen molar-refractivity contribution in [1.82, 2.24) is 9.55 Å². The van der Waals surface area contributed by atoms with Gasteiger partial charge in [0.05, 0.1) is 16.9 Å². The van der Waals surface area contributed by atoms with Crippen LogP contribution in [0.2, 0.25) is 0 Å². The van der Waals surface area contributed by atoms with Gasteiger partial charge in [0, 0.05) is 6.20 Å². The molecule has 2 nitrogen and oxygen atoms in total.